The molecule has 4 heteroatoms. The molecule has 2 atom stereocenters. The van der Waals surface area contributed by atoms with Crippen molar-refractivity contribution in [1.29, 1.82) is 0 Å². The Balaban J connectivity index is 1.88. The minimum atomic E-state index is -0.271. The maximum atomic E-state index is 12.5. The summed E-state index contributed by atoms with van der Waals surface area (Å²) in [6, 6.07) is 16.4. The predicted molar refractivity (Wildman–Crippen MR) is 97.7 cm³/mol. The second-order valence-corrected chi connectivity index (χ2v) is 6.67. The first-order valence-electron chi connectivity index (χ1n) is 8.66. The van der Waals surface area contributed by atoms with Gasteiger partial charge in [-0.25, -0.2) is 4.79 Å². The third kappa shape index (κ3) is 3.78. The van der Waals surface area contributed by atoms with Crippen LogP contribution in [0.2, 0.25) is 0 Å². The van der Waals surface area contributed by atoms with Crippen molar-refractivity contribution in [2.24, 2.45) is 5.92 Å². The van der Waals surface area contributed by atoms with E-state index in [-0.39, 0.29) is 12.1 Å². The molecule has 0 fully saturated rings. The average Bonchev–Trinajstić information content (AvgIpc) is 2.65. The van der Waals surface area contributed by atoms with Gasteiger partial charge in [-0.3, -0.25) is 0 Å². The van der Waals surface area contributed by atoms with Crippen LogP contribution in [0.3, 0.4) is 0 Å². The third-order valence-electron chi connectivity index (χ3n) is 5.05. The molecular formula is C21H25NO3. The molecule has 3 rings (SSSR count). The fourth-order valence-corrected chi connectivity index (χ4v) is 3.66. The third-order valence-corrected chi connectivity index (χ3v) is 5.05. The lowest BCUT2D eigenvalue weighted by atomic mass is 9.80. The number of benzene rings is 2. The van der Waals surface area contributed by atoms with Crippen molar-refractivity contribution in [3.63, 3.8) is 0 Å². The Hall–Kier alpha value is -2.49. The van der Waals surface area contributed by atoms with Gasteiger partial charge in [-0.15, -0.1) is 0 Å². The minimum absolute atomic E-state index is 0.104. The van der Waals surface area contributed by atoms with Crippen LogP contribution in [0.5, 0.6) is 5.75 Å². The Morgan fingerprint density at radius 3 is 2.52 bits per heavy atom. The lowest BCUT2D eigenvalue weighted by Gasteiger charge is -2.38. The van der Waals surface area contributed by atoms with Gasteiger partial charge in [0.2, 0.25) is 0 Å². The number of carbonyl (C=O) groups excluding carboxylic acids is 1. The summed E-state index contributed by atoms with van der Waals surface area (Å²) in [5.41, 5.74) is 3.70. The van der Waals surface area contributed by atoms with Crippen LogP contribution in [0.4, 0.5) is 4.79 Å². The number of carbonyl (C=O) groups is 1. The Labute approximate surface area is 149 Å². The standard InChI is InChI=1S/C21H25NO3/c1-15-11-17-9-10-19(24-2)12-18(17)13-20(15)22(21(23)25-3)14-16-7-5-4-6-8-16/h4-10,12,15,20H,11,13-14H2,1-3H3/t15-,20-/m0/s1. The van der Waals surface area contributed by atoms with Crippen molar-refractivity contribution in [3.05, 3.63) is 65.2 Å². The highest BCUT2D eigenvalue weighted by molar-refractivity contribution is 5.68. The maximum absolute atomic E-state index is 12.5. The van der Waals surface area contributed by atoms with E-state index in [1.165, 1.54) is 18.2 Å². The van der Waals surface area contributed by atoms with E-state index in [9.17, 15) is 4.79 Å². The van der Waals surface area contributed by atoms with E-state index >= 15 is 0 Å². The van der Waals surface area contributed by atoms with Gasteiger partial charge in [0.15, 0.2) is 0 Å². The van der Waals surface area contributed by atoms with E-state index in [2.05, 4.69) is 19.1 Å². The molecule has 0 radical (unpaired) electrons. The van der Waals surface area contributed by atoms with Gasteiger partial charge in [-0.1, -0.05) is 43.3 Å². The quantitative estimate of drug-likeness (QED) is 0.843. The molecule has 4 nitrogen and oxygen atoms in total. The van der Waals surface area contributed by atoms with Crippen molar-refractivity contribution < 1.29 is 14.3 Å². The molecule has 0 N–H and O–H groups in total. The van der Waals surface area contributed by atoms with Gasteiger partial charge >= 0.3 is 6.09 Å². The van der Waals surface area contributed by atoms with Crippen LogP contribution < -0.4 is 4.74 Å². The summed E-state index contributed by atoms with van der Waals surface area (Å²) in [5, 5.41) is 0. The number of amides is 1. The number of fused-ring (bicyclic) bond motifs is 1. The molecule has 2 aromatic rings. The number of rotatable bonds is 4. The second kappa shape index (κ2) is 7.60. The highest BCUT2D eigenvalue weighted by Gasteiger charge is 2.33. The summed E-state index contributed by atoms with van der Waals surface area (Å²) in [7, 11) is 3.13. The number of nitrogens with zero attached hydrogens (tertiary/aromatic N) is 1. The predicted octanol–water partition coefficient (Wildman–Crippen LogP) is 4.07. The monoisotopic (exact) mass is 339 g/mol. The van der Waals surface area contributed by atoms with E-state index in [4.69, 9.17) is 9.47 Å². The minimum Gasteiger partial charge on any atom is -0.497 e. The molecule has 1 amide bonds. The van der Waals surface area contributed by atoms with Crippen LogP contribution in [-0.2, 0) is 24.1 Å². The van der Waals surface area contributed by atoms with Crippen molar-refractivity contribution in [2.75, 3.05) is 14.2 Å². The summed E-state index contributed by atoms with van der Waals surface area (Å²) in [5.74, 6) is 1.23. The van der Waals surface area contributed by atoms with E-state index in [1.54, 1.807) is 7.11 Å². The molecule has 0 saturated heterocycles. The van der Waals surface area contributed by atoms with Gasteiger partial charge in [0.1, 0.15) is 5.75 Å². The van der Waals surface area contributed by atoms with Crippen LogP contribution in [0.15, 0.2) is 48.5 Å². The van der Waals surface area contributed by atoms with Crippen LogP contribution in [0.1, 0.15) is 23.6 Å². The fourth-order valence-electron chi connectivity index (χ4n) is 3.66. The molecule has 1 aliphatic carbocycles. The molecule has 2 aromatic carbocycles. The second-order valence-electron chi connectivity index (χ2n) is 6.67. The smallest absolute Gasteiger partial charge is 0.410 e. The molecule has 0 heterocycles. The fraction of sp³-hybridized carbons (Fsp3) is 0.381. The molecular weight excluding hydrogens is 314 g/mol. The van der Waals surface area contributed by atoms with E-state index in [0.29, 0.717) is 12.5 Å². The zero-order valence-electron chi connectivity index (χ0n) is 15.1. The molecule has 25 heavy (non-hydrogen) atoms. The van der Waals surface area contributed by atoms with Crippen molar-refractivity contribution in [1.82, 2.24) is 4.90 Å². The largest absolute Gasteiger partial charge is 0.497 e. The summed E-state index contributed by atoms with van der Waals surface area (Å²) in [6.07, 6.45) is 1.49. The first kappa shape index (κ1) is 17.3. The van der Waals surface area contributed by atoms with Crippen molar-refractivity contribution in [2.45, 2.75) is 32.4 Å². The SMILES string of the molecule is COC(=O)N(Cc1ccccc1)[C@H]1Cc2cc(OC)ccc2C[C@@H]1C. The van der Waals surface area contributed by atoms with E-state index < -0.39 is 0 Å². The highest BCUT2D eigenvalue weighted by Crippen LogP contribution is 2.32. The van der Waals surface area contributed by atoms with Gasteiger partial charge in [0, 0.05) is 12.6 Å². The van der Waals surface area contributed by atoms with Gasteiger partial charge < -0.3 is 14.4 Å². The maximum Gasteiger partial charge on any atom is 0.410 e. The molecule has 0 spiro atoms. The zero-order chi connectivity index (χ0) is 17.8. The van der Waals surface area contributed by atoms with Gasteiger partial charge in [-0.2, -0.15) is 0 Å². The van der Waals surface area contributed by atoms with E-state index in [1.807, 2.05) is 41.3 Å². The number of ether oxygens (including phenoxy) is 2. The average molecular weight is 339 g/mol. The van der Waals surface area contributed by atoms with Crippen LogP contribution >= 0.6 is 0 Å². The molecule has 1 aliphatic rings. The Bertz CT molecular complexity index is 729. The van der Waals surface area contributed by atoms with Gasteiger partial charge in [-0.05, 0) is 47.6 Å². The zero-order valence-corrected chi connectivity index (χ0v) is 15.1. The Morgan fingerprint density at radius 1 is 1.08 bits per heavy atom. The van der Waals surface area contributed by atoms with Crippen LogP contribution in [0.25, 0.3) is 0 Å². The molecule has 132 valence electrons. The van der Waals surface area contributed by atoms with Gasteiger partial charge in [0.25, 0.3) is 0 Å². The molecule has 0 bridgehead atoms. The molecule has 0 aliphatic heterocycles. The lowest BCUT2D eigenvalue weighted by Crippen LogP contribution is -2.47. The molecule has 0 aromatic heterocycles. The first-order valence-corrected chi connectivity index (χ1v) is 8.66. The van der Waals surface area contributed by atoms with Crippen LogP contribution in [0, 0.1) is 5.92 Å². The summed E-state index contributed by atoms with van der Waals surface area (Å²) >= 11 is 0. The first-order chi connectivity index (χ1) is 12.1. The topological polar surface area (TPSA) is 38.8 Å². The summed E-state index contributed by atoms with van der Waals surface area (Å²) < 4.78 is 10.4. The summed E-state index contributed by atoms with van der Waals surface area (Å²) in [6.45, 7) is 2.76. The summed E-state index contributed by atoms with van der Waals surface area (Å²) in [4.78, 5) is 14.3. The lowest BCUT2D eigenvalue weighted by molar-refractivity contribution is 0.0828. The van der Waals surface area contributed by atoms with Crippen molar-refractivity contribution >= 4 is 6.09 Å². The van der Waals surface area contributed by atoms with Crippen LogP contribution in [-0.4, -0.2) is 31.3 Å². The Kier molecular flexibility index (Phi) is 5.27. The number of hydrogen-bond acceptors (Lipinski definition) is 3. The Morgan fingerprint density at radius 2 is 1.84 bits per heavy atom. The van der Waals surface area contributed by atoms with Gasteiger partial charge in [0.05, 0.1) is 14.2 Å². The van der Waals surface area contributed by atoms with Crippen molar-refractivity contribution in [3.8, 4) is 5.75 Å². The molecule has 0 saturated carbocycles. The molecule has 0 unspecified atom stereocenters. The number of hydrogen-bond donors (Lipinski definition) is 0. The van der Waals surface area contributed by atoms with E-state index in [0.717, 1.165) is 24.2 Å². The normalized spacial score (nSPS) is 19.0. The highest BCUT2D eigenvalue weighted by atomic mass is 16.5. The number of methoxy groups -OCH3 is 2.